The van der Waals surface area contributed by atoms with Gasteiger partial charge >= 0.3 is 5.97 Å². The molecule has 0 bridgehead atoms. The zero-order valence-corrected chi connectivity index (χ0v) is 18.2. The monoisotopic (exact) mass is 423 g/mol. The minimum absolute atomic E-state index is 0.209. The van der Waals surface area contributed by atoms with E-state index >= 15 is 0 Å². The topological polar surface area (TPSA) is 73.2 Å². The van der Waals surface area contributed by atoms with Gasteiger partial charge in [-0.05, 0) is 50.1 Å². The Morgan fingerprint density at radius 1 is 1.07 bits per heavy atom. The molecule has 1 aromatic heterocycles. The van der Waals surface area contributed by atoms with Crippen LogP contribution in [0, 0.1) is 13.8 Å². The number of carbonyl (C=O) groups is 2. The van der Waals surface area contributed by atoms with Crippen LogP contribution < -0.4 is 5.32 Å². The second-order valence-corrected chi connectivity index (χ2v) is 8.01. The van der Waals surface area contributed by atoms with Gasteiger partial charge in [-0.3, -0.25) is 14.3 Å². The van der Waals surface area contributed by atoms with E-state index in [0.717, 1.165) is 26.7 Å². The summed E-state index contributed by atoms with van der Waals surface area (Å²) in [7, 11) is 1.88. The van der Waals surface area contributed by atoms with Gasteiger partial charge in [0.2, 0.25) is 0 Å². The maximum atomic E-state index is 12.3. The molecule has 7 heteroatoms. The van der Waals surface area contributed by atoms with Crippen LogP contribution in [0.15, 0.2) is 64.4 Å². The van der Waals surface area contributed by atoms with Gasteiger partial charge in [-0.15, -0.1) is 0 Å². The molecule has 0 unspecified atom stereocenters. The largest absolute Gasteiger partial charge is 0.456 e. The van der Waals surface area contributed by atoms with E-state index in [1.165, 1.54) is 0 Å². The molecule has 0 radical (unpaired) electrons. The van der Waals surface area contributed by atoms with Gasteiger partial charge in [-0.1, -0.05) is 42.1 Å². The highest BCUT2D eigenvalue weighted by molar-refractivity contribution is 7.99. The minimum Gasteiger partial charge on any atom is -0.456 e. The van der Waals surface area contributed by atoms with E-state index < -0.39 is 5.97 Å². The number of nitrogens with one attached hydrogen (secondary N) is 1. The van der Waals surface area contributed by atoms with Crippen molar-refractivity contribution < 1.29 is 14.3 Å². The molecule has 0 saturated heterocycles. The van der Waals surface area contributed by atoms with Crippen molar-refractivity contribution in [3.8, 4) is 0 Å². The fraction of sp³-hybridized carbons (Fsp3) is 0.261. The van der Waals surface area contributed by atoms with E-state index in [1.54, 1.807) is 16.4 Å². The number of carbonyl (C=O) groups excluding carboxylic acids is 2. The lowest BCUT2D eigenvalue weighted by atomic mass is 10.1. The first-order valence-corrected chi connectivity index (χ1v) is 10.5. The van der Waals surface area contributed by atoms with Gasteiger partial charge in [0.15, 0.2) is 6.61 Å². The molecule has 6 nitrogen and oxygen atoms in total. The van der Waals surface area contributed by atoms with Crippen molar-refractivity contribution in [2.45, 2.75) is 36.5 Å². The minimum atomic E-state index is -0.403. The summed E-state index contributed by atoms with van der Waals surface area (Å²) in [5.41, 5.74) is 3.68. The third-order valence-electron chi connectivity index (χ3n) is 4.73. The Morgan fingerprint density at radius 2 is 1.77 bits per heavy atom. The standard InChI is InChI=1S/C23H25N3O3S/c1-16-19(17(2)26(3)25-16)13-14-23(28)29-15-22(27)24-20-11-7-8-12-21(20)30-18-9-5-4-6-10-18/h4-12H,13-15H2,1-3H3,(H,24,27). The Balaban J connectivity index is 1.50. The molecule has 0 aliphatic carbocycles. The molecule has 0 saturated carbocycles. The Morgan fingerprint density at radius 3 is 2.47 bits per heavy atom. The van der Waals surface area contributed by atoms with Crippen molar-refractivity contribution in [3.05, 3.63) is 71.5 Å². The zero-order valence-electron chi connectivity index (χ0n) is 17.3. The number of hydrogen-bond acceptors (Lipinski definition) is 5. The van der Waals surface area contributed by atoms with E-state index in [4.69, 9.17) is 4.74 Å². The van der Waals surface area contributed by atoms with E-state index in [9.17, 15) is 9.59 Å². The summed E-state index contributed by atoms with van der Waals surface area (Å²) in [5.74, 6) is -0.766. The summed E-state index contributed by atoms with van der Waals surface area (Å²) in [6.07, 6.45) is 0.754. The summed E-state index contributed by atoms with van der Waals surface area (Å²) in [6.45, 7) is 3.58. The Hall–Kier alpha value is -3.06. The van der Waals surface area contributed by atoms with Gasteiger partial charge in [-0.2, -0.15) is 5.10 Å². The van der Waals surface area contributed by atoms with Crippen molar-refractivity contribution in [1.29, 1.82) is 0 Å². The lowest BCUT2D eigenvalue weighted by molar-refractivity contribution is -0.147. The van der Waals surface area contributed by atoms with Gasteiger partial charge in [0.1, 0.15) is 0 Å². The highest BCUT2D eigenvalue weighted by atomic mass is 32.2. The first kappa shape index (κ1) is 21.6. The number of rotatable bonds is 8. The summed E-state index contributed by atoms with van der Waals surface area (Å²) in [6, 6.07) is 17.5. The molecule has 0 spiro atoms. The number of amides is 1. The molecule has 0 fully saturated rings. The SMILES string of the molecule is Cc1nn(C)c(C)c1CCC(=O)OCC(=O)Nc1ccccc1Sc1ccccc1. The molecular formula is C23H25N3O3S. The number of aryl methyl sites for hydroxylation is 2. The van der Waals surface area contributed by atoms with E-state index in [2.05, 4.69) is 10.4 Å². The van der Waals surface area contributed by atoms with Crippen LogP contribution >= 0.6 is 11.8 Å². The maximum Gasteiger partial charge on any atom is 0.306 e. The number of para-hydroxylation sites is 1. The van der Waals surface area contributed by atoms with Crippen molar-refractivity contribution >= 4 is 29.3 Å². The predicted octanol–water partition coefficient (Wildman–Crippen LogP) is 4.30. The molecule has 3 rings (SSSR count). The maximum absolute atomic E-state index is 12.3. The van der Waals surface area contributed by atoms with Crippen LogP contribution in [0.2, 0.25) is 0 Å². The Kier molecular flexibility index (Phi) is 7.30. The van der Waals surface area contributed by atoms with Crippen LogP contribution in [-0.4, -0.2) is 28.3 Å². The second kappa shape index (κ2) is 10.1. The summed E-state index contributed by atoms with van der Waals surface area (Å²) < 4.78 is 6.96. The Labute approximate surface area is 180 Å². The number of ether oxygens (including phenoxy) is 1. The fourth-order valence-corrected chi connectivity index (χ4v) is 4.01. The van der Waals surface area contributed by atoms with E-state index in [0.29, 0.717) is 12.1 Å². The van der Waals surface area contributed by atoms with Gasteiger partial charge in [0.25, 0.3) is 5.91 Å². The quantitative estimate of drug-likeness (QED) is 0.547. The number of anilines is 1. The van der Waals surface area contributed by atoms with Crippen molar-refractivity contribution in [2.75, 3.05) is 11.9 Å². The van der Waals surface area contributed by atoms with Crippen LogP contribution in [0.25, 0.3) is 0 Å². The van der Waals surface area contributed by atoms with Crippen molar-refractivity contribution in [3.63, 3.8) is 0 Å². The van der Waals surface area contributed by atoms with Crippen LogP contribution in [0.1, 0.15) is 23.4 Å². The van der Waals surface area contributed by atoms with Crippen LogP contribution in [-0.2, 0) is 27.8 Å². The first-order chi connectivity index (χ1) is 14.4. The molecule has 2 aromatic carbocycles. The lowest BCUT2D eigenvalue weighted by Crippen LogP contribution is -2.21. The second-order valence-electron chi connectivity index (χ2n) is 6.89. The molecule has 1 amide bonds. The highest BCUT2D eigenvalue weighted by Crippen LogP contribution is 2.33. The van der Waals surface area contributed by atoms with Gasteiger partial charge in [-0.25, -0.2) is 0 Å². The molecule has 0 aliphatic heterocycles. The first-order valence-electron chi connectivity index (χ1n) is 9.70. The summed E-state index contributed by atoms with van der Waals surface area (Å²) in [4.78, 5) is 26.4. The van der Waals surface area contributed by atoms with Gasteiger partial charge in [0, 0.05) is 29.0 Å². The molecule has 30 heavy (non-hydrogen) atoms. The van der Waals surface area contributed by atoms with E-state index in [-0.39, 0.29) is 18.9 Å². The van der Waals surface area contributed by atoms with Crippen molar-refractivity contribution in [2.24, 2.45) is 7.05 Å². The fourth-order valence-electron chi connectivity index (χ4n) is 3.09. The number of esters is 1. The van der Waals surface area contributed by atoms with Gasteiger partial charge < -0.3 is 10.1 Å². The van der Waals surface area contributed by atoms with Gasteiger partial charge in [0.05, 0.1) is 11.4 Å². The normalized spacial score (nSPS) is 10.6. The smallest absolute Gasteiger partial charge is 0.306 e. The highest BCUT2D eigenvalue weighted by Gasteiger charge is 2.14. The molecule has 156 valence electrons. The molecule has 0 aliphatic rings. The number of nitrogens with zero attached hydrogens (tertiary/aromatic N) is 2. The number of benzene rings is 2. The summed E-state index contributed by atoms with van der Waals surface area (Å²) in [5, 5.41) is 7.18. The Bertz CT molecular complexity index is 1030. The van der Waals surface area contributed by atoms with Crippen LogP contribution in [0.5, 0.6) is 0 Å². The third kappa shape index (κ3) is 5.73. The number of aromatic nitrogens is 2. The lowest BCUT2D eigenvalue weighted by Gasteiger charge is -2.11. The molecular weight excluding hydrogens is 398 g/mol. The zero-order chi connectivity index (χ0) is 21.5. The number of hydrogen-bond donors (Lipinski definition) is 1. The van der Waals surface area contributed by atoms with Crippen molar-refractivity contribution in [1.82, 2.24) is 9.78 Å². The molecule has 3 aromatic rings. The average molecular weight is 424 g/mol. The molecule has 1 heterocycles. The average Bonchev–Trinajstić information content (AvgIpc) is 2.98. The van der Waals surface area contributed by atoms with Crippen LogP contribution in [0.3, 0.4) is 0 Å². The molecule has 0 atom stereocenters. The predicted molar refractivity (Wildman–Crippen MR) is 118 cm³/mol. The van der Waals surface area contributed by atoms with E-state index in [1.807, 2.05) is 75.5 Å². The summed E-state index contributed by atoms with van der Waals surface area (Å²) >= 11 is 1.56. The third-order valence-corrected chi connectivity index (χ3v) is 5.82. The van der Waals surface area contributed by atoms with Crippen LogP contribution in [0.4, 0.5) is 5.69 Å². The molecule has 1 N–H and O–H groups in total.